The summed E-state index contributed by atoms with van der Waals surface area (Å²) in [6.45, 7) is -0.0618. The smallest absolute Gasteiger partial charge is 0.255 e. The van der Waals surface area contributed by atoms with Crippen LogP contribution in [-0.4, -0.2) is 29.4 Å². The van der Waals surface area contributed by atoms with Gasteiger partial charge in [-0.25, -0.2) is 0 Å². The Hall–Kier alpha value is -2.89. The fourth-order valence-electron chi connectivity index (χ4n) is 3.21. The number of hydrogen-bond acceptors (Lipinski definition) is 3. The summed E-state index contributed by atoms with van der Waals surface area (Å²) in [4.78, 5) is 38.6. The predicted molar refractivity (Wildman–Crippen MR) is 102 cm³/mol. The SMILES string of the molecule is O=C(/C=C/c1cc2ccccc2[nH]c1=O)NCC(=O)NC1CCCCC1. The highest BCUT2D eigenvalue weighted by molar-refractivity contribution is 5.94. The molecule has 2 aromatic rings. The highest BCUT2D eigenvalue weighted by Crippen LogP contribution is 2.17. The van der Waals surface area contributed by atoms with E-state index in [2.05, 4.69) is 15.6 Å². The molecule has 1 aromatic heterocycles. The van der Waals surface area contributed by atoms with Gasteiger partial charge in [-0.2, -0.15) is 0 Å². The summed E-state index contributed by atoms with van der Waals surface area (Å²) in [5.41, 5.74) is 0.881. The molecule has 1 aromatic carbocycles. The second-order valence-electron chi connectivity index (χ2n) is 6.59. The molecule has 0 aliphatic heterocycles. The minimum atomic E-state index is -0.406. The number of pyridine rings is 1. The number of fused-ring (bicyclic) bond motifs is 1. The van der Waals surface area contributed by atoms with Gasteiger partial charge in [-0.1, -0.05) is 37.5 Å². The number of aromatic nitrogens is 1. The van der Waals surface area contributed by atoms with Gasteiger partial charge in [0.05, 0.1) is 6.54 Å². The second kappa shape index (κ2) is 8.47. The van der Waals surface area contributed by atoms with Gasteiger partial charge in [0.1, 0.15) is 0 Å². The topological polar surface area (TPSA) is 91.1 Å². The Balaban J connectivity index is 1.53. The summed E-state index contributed by atoms with van der Waals surface area (Å²) >= 11 is 0. The van der Waals surface area contributed by atoms with Crippen LogP contribution in [0, 0.1) is 0 Å². The summed E-state index contributed by atoms with van der Waals surface area (Å²) in [7, 11) is 0. The van der Waals surface area contributed by atoms with E-state index in [1.807, 2.05) is 24.3 Å². The number of rotatable bonds is 5. The maximum atomic E-state index is 12.0. The number of amides is 2. The molecule has 2 amide bonds. The molecule has 1 heterocycles. The number of carbonyl (C=O) groups excluding carboxylic acids is 2. The van der Waals surface area contributed by atoms with Crippen LogP contribution >= 0.6 is 0 Å². The molecule has 6 heteroatoms. The van der Waals surface area contributed by atoms with Crippen molar-refractivity contribution in [2.45, 2.75) is 38.1 Å². The van der Waals surface area contributed by atoms with Crippen LogP contribution in [0.1, 0.15) is 37.7 Å². The Morgan fingerprint density at radius 3 is 2.73 bits per heavy atom. The first-order valence-electron chi connectivity index (χ1n) is 8.99. The van der Waals surface area contributed by atoms with Gasteiger partial charge in [-0.05, 0) is 36.4 Å². The van der Waals surface area contributed by atoms with Crippen molar-refractivity contribution in [2.75, 3.05) is 6.54 Å². The first-order valence-corrected chi connectivity index (χ1v) is 8.99. The molecule has 0 unspecified atom stereocenters. The Kier molecular flexibility index (Phi) is 5.84. The third kappa shape index (κ3) is 4.81. The number of para-hydroxylation sites is 1. The van der Waals surface area contributed by atoms with E-state index in [4.69, 9.17) is 0 Å². The molecule has 136 valence electrons. The molecule has 3 rings (SSSR count). The van der Waals surface area contributed by atoms with Crippen molar-refractivity contribution in [3.8, 4) is 0 Å². The third-order valence-corrected chi connectivity index (χ3v) is 4.59. The number of aromatic amines is 1. The zero-order chi connectivity index (χ0) is 18.4. The normalized spacial score (nSPS) is 15.2. The second-order valence-corrected chi connectivity index (χ2v) is 6.59. The molecular weight excluding hydrogens is 330 g/mol. The average molecular weight is 353 g/mol. The van der Waals surface area contributed by atoms with E-state index in [-0.39, 0.29) is 24.1 Å². The molecular formula is C20H23N3O3. The van der Waals surface area contributed by atoms with Crippen molar-refractivity contribution < 1.29 is 9.59 Å². The molecule has 1 aliphatic rings. The van der Waals surface area contributed by atoms with E-state index in [9.17, 15) is 14.4 Å². The third-order valence-electron chi connectivity index (χ3n) is 4.59. The lowest BCUT2D eigenvalue weighted by molar-refractivity contribution is -0.124. The van der Waals surface area contributed by atoms with Crippen LogP contribution in [-0.2, 0) is 9.59 Å². The Morgan fingerprint density at radius 1 is 1.15 bits per heavy atom. The number of nitrogens with one attached hydrogen (secondary N) is 3. The van der Waals surface area contributed by atoms with Gasteiger partial charge < -0.3 is 15.6 Å². The molecule has 0 saturated heterocycles. The first-order chi connectivity index (χ1) is 12.6. The van der Waals surface area contributed by atoms with Crippen molar-refractivity contribution in [2.24, 2.45) is 0 Å². The summed E-state index contributed by atoms with van der Waals surface area (Å²) < 4.78 is 0. The van der Waals surface area contributed by atoms with E-state index >= 15 is 0 Å². The van der Waals surface area contributed by atoms with Crippen LogP contribution in [0.2, 0.25) is 0 Å². The van der Waals surface area contributed by atoms with Gasteiger partial charge in [-0.15, -0.1) is 0 Å². The van der Waals surface area contributed by atoms with Crippen molar-refractivity contribution in [3.63, 3.8) is 0 Å². The molecule has 26 heavy (non-hydrogen) atoms. The van der Waals surface area contributed by atoms with E-state index in [1.165, 1.54) is 18.6 Å². The lowest BCUT2D eigenvalue weighted by Crippen LogP contribution is -2.42. The molecule has 0 radical (unpaired) electrons. The molecule has 6 nitrogen and oxygen atoms in total. The van der Waals surface area contributed by atoms with Gasteiger partial charge in [0.25, 0.3) is 5.56 Å². The Morgan fingerprint density at radius 2 is 1.92 bits per heavy atom. The van der Waals surface area contributed by atoms with Crippen molar-refractivity contribution >= 4 is 28.8 Å². The zero-order valence-electron chi connectivity index (χ0n) is 14.6. The van der Waals surface area contributed by atoms with E-state index in [0.717, 1.165) is 36.6 Å². The molecule has 0 bridgehead atoms. The van der Waals surface area contributed by atoms with Crippen LogP contribution in [0.25, 0.3) is 17.0 Å². The lowest BCUT2D eigenvalue weighted by Gasteiger charge is -2.22. The van der Waals surface area contributed by atoms with Gasteiger partial charge in [0, 0.05) is 23.2 Å². The fourth-order valence-corrected chi connectivity index (χ4v) is 3.21. The zero-order valence-corrected chi connectivity index (χ0v) is 14.6. The Bertz CT molecular complexity index is 879. The van der Waals surface area contributed by atoms with Crippen LogP contribution < -0.4 is 16.2 Å². The van der Waals surface area contributed by atoms with Crippen molar-refractivity contribution in [1.29, 1.82) is 0 Å². The van der Waals surface area contributed by atoms with E-state index in [1.54, 1.807) is 6.07 Å². The highest BCUT2D eigenvalue weighted by Gasteiger charge is 2.15. The van der Waals surface area contributed by atoms with Gasteiger partial charge in [0.2, 0.25) is 11.8 Å². The summed E-state index contributed by atoms with van der Waals surface area (Å²) in [5, 5.41) is 6.38. The van der Waals surface area contributed by atoms with E-state index in [0.29, 0.717) is 5.56 Å². The highest BCUT2D eigenvalue weighted by atomic mass is 16.2. The predicted octanol–water partition coefficient (Wildman–Crippen LogP) is 2.11. The summed E-state index contributed by atoms with van der Waals surface area (Å²) in [5.74, 6) is -0.585. The molecule has 3 N–H and O–H groups in total. The number of benzene rings is 1. The standard InChI is InChI=1S/C20H23N3O3/c24-18(21-13-19(25)22-16-7-2-1-3-8-16)11-10-15-12-14-6-4-5-9-17(14)23-20(15)26/h4-6,9-12,16H,1-3,7-8,13H2,(H,21,24)(H,22,25)(H,23,26)/b11-10+. The Labute approximate surface area is 151 Å². The number of hydrogen-bond donors (Lipinski definition) is 3. The van der Waals surface area contributed by atoms with Crippen LogP contribution in [0.15, 0.2) is 41.2 Å². The largest absolute Gasteiger partial charge is 0.352 e. The maximum Gasteiger partial charge on any atom is 0.255 e. The number of carbonyl (C=O) groups is 2. The summed E-state index contributed by atoms with van der Waals surface area (Å²) in [6.07, 6.45) is 8.24. The van der Waals surface area contributed by atoms with Crippen LogP contribution in [0.3, 0.4) is 0 Å². The first kappa shape index (κ1) is 17.9. The lowest BCUT2D eigenvalue weighted by atomic mass is 9.95. The minimum absolute atomic E-state index is 0.0618. The minimum Gasteiger partial charge on any atom is -0.352 e. The molecule has 0 spiro atoms. The molecule has 1 aliphatic carbocycles. The van der Waals surface area contributed by atoms with Gasteiger partial charge in [0.15, 0.2) is 0 Å². The van der Waals surface area contributed by atoms with Gasteiger partial charge >= 0.3 is 0 Å². The van der Waals surface area contributed by atoms with Crippen LogP contribution in [0.4, 0.5) is 0 Å². The maximum absolute atomic E-state index is 12.0. The molecule has 1 fully saturated rings. The number of H-pyrrole nitrogens is 1. The monoisotopic (exact) mass is 353 g/mol. The van der Waals surface area contributed by atoms with Crippen LogP contribution in [0.5, 0.6) is 0 Å². The molecule has 0 atom stereocenters. The van der Waals surface area contributed by atoms with E-state index < -0.39 is 5.91 Å². The van der Waals surface area contributed by atoms with Gasteiger partial charge in [-0.3, -0.25) is 14.4 Å². The fraction of sp³-hybridized carbons (Fsp3) is 0.350. The van der Waals surface area contributed by atoms with Crippen molar-refractivity contribution in [3.05, 3.63) is 52.3 Å². The molecule has 1 saturated carbocycles. The van der Waals surface area contributed by atoms with Crippen molar-refractivity contribution in [1.82, 2.24) is 15.6 Å². The average Bonchev–Trinajstić information content (AvgIpc) is 2.65. The summed E-state index contributed by atoms with van der Waals surface area (Å²) in [6, 6.07) is 9.39. The quantitative estimate of drug-likeness (QED) is 0.719.